The molecule has 0 amide bonds. The van der Waals surface area contributed by atoms with E-state index in [2.05, 4.69) is 19.7 Å². The Kier molecular flexibility index (Phi) is 3.45. The van der Waals surface area contributed by atoms with Crippen molar-refractivity contribution in [3.63, 3.8) is 0 Å². The normalized spacial score (nSPS) is 10.0. The van der Waals surface area contributed by atoms with Crippen molar-refractivity contribution in [1.29, 1.82) is 5.26 Å². The monoisotopic (exact) mass is 295 g/mol. The van der Waals surface area contributed by atoms with E-state index in [0.29, 0.717) is 10.8 Å². The van der Waals surface area contributed by atoms with Crippen molar-refractivity contribution in [2.75, 3.05) is 5.32 Å². The van der Waals surface area contributed by atoms with Gasteiger partial charge in [-0.25, -0.2) is 9.97 Å². The maximum Gasteiger partial charge on any atom is 0.278 e. The Labute approximate surface area is 123 Å². The van der Waals surface area contributed by atoms with Crippen LogP contribution in [0, 0.1) is 11.3 Å². The zero-order chi connectivity index (χ0) is 14.7. The average molecular weight is 295 g/mol. The highest BCUT2D eigenvalue weighted by molar-refractivity contribution is 7.10. The molecule has 2 N–H and O–H groups in total. The molecular weight excluding hydrogens is 286 g/mol. The number of nitriles is 1. The fourth-order valence-corrected chi connectivity index (χ4v) is 2.49. The van der Waals surface area contributed by atoms with E-state index < -0.39 is 5.56 Å². The summed E-state index contributed by atoms with van der Waals surface area (Å²) < 4.78 is 2.51. The average Bonchev–Trinajstić information content (AvgIpc) is 2.88. The van der Waals surface area contributed by atoms with E-state index in [4.69, 9.17) is 5.26 Å². The summed E-state index contributed by atoms with van der Waals surface area (Å²) in [6.45, 7) is 0. The van der Waals surface area contributed by atoms with E-state index in [1.165, 1.54) is 6.33 Å². The highest BCUT2D eigenvalue weighted by atomic mass is 32.1. The summed E-state index contributed by atoms with van der Waals surface area (Å²) in [5.41, 5.74) is 1.38. The number of H-pyrrole nitrogens is 1. The van der Waals surface area contributed by atoms with Gasteiger partial charge in [-0.1, -0.05) is 30.3 Å². The lowest BCUT2D eigenvalue weighted by molar-refractivity contribution is 1.17. The standard InChI is InChI=1S/C14H9N5OS/c15-7-10-13(20)19-21-14(10)18-12-6-11(16-8-17-12)9-4-2-1-3-5-9/h1-6,8H,(H,19,20)(H,16,17,18). The van der Waals surface area contributed by atoms with Gasteiger partial charge in [-0.15, -0.1) is 0 Å². The Hall–Kier alpha value is -2.98. The SMILES string of the molecule is N#Cc1c(Nc2cc(-c3ccccc3)ncn2)s[nH]c1=O. The van der Waals surface area contributed by atoms with Crippen LogP contribution in [0.5, 0.6) is 0 Å². The van der Waals surface area contributed by atoms with Crippen LogP contribution < -0.4 is 10.9 Å². The maximum absolute atomic E-state index is 11.4. The molecule has 3 rings (SSSR count). The first-order chi connectivity index (χ1) is 10.3. The number of nitrogens with one attached hydrogen (secondary N) is 2. The summed E-state index contributed by atoms with van der Waals surface area (Å²) in [5, 5.41) is 12.4. The molecule has 0 aliphatic rings. The summed E-state index contributed by atoms with van der Waals surface area (Å²) in [7, 11) is 0. The molecule has 0 aliphatic heterocycles. The van der Waals surface area contributed by atoms with Crippen LogP contribution in [0.4, 0.5) is 10.8 Å². The van der Waals surface area contributed by atoms with Crippen LogP contribution in [0.25, 0.3) is 11.3 Å². The van der Waals surface area contributed by atoms with E-state index in [-0.39, 0.29) is 5.56 Å². The topological polar surface area (TPSA) is 94.5 Å². The molecule has 2 heterocycles. The first-order valence-corrected chi connectivity index (χ1v) is 6.85. The van der Waals surface area contributed by atoms with Crippen molar-refractivity contribution in [2.45, 2.75) is 0 Å². The maximum atomic E-state index is 11.4. The third-order valence-electron chi connectivity index (χ3n) is 2.79. The van der Waals surface area contributed by atoms with Gasteiger partial charge in [0, 0.05) is 11.6 Å². The molecule has 0 radical (unpaired) electrons. The smallest absolute Gasteiger partial charge is 0.278 e. The van der Waals surface area contributed by atoms with Crippen LogP contribution in [-0.4, -0.2) is 14.3 Å². The van der Waals surface area contributed by atoms with Crippen LogP contribution in [-0.2, 0) is 0 Å². The van der Waals surface area contributed by atoms with Crippen molar-refractivity contribution in [3.05, 3.63) is 58.6 Å². The Morgan fingerprint density at radius 3 is 2.81 bits per heavy atom. The highest BCUT2D eigenvalue weighted by Gasteiger charge is 2.11. The van der Waals surface area contributed by atoms with Crippen molar-refractivity contribution in [2.24, 2.45) is 0 Å². The number of hydrogen-bond acceptors (Lipinski definition) is 6. The number of rotatable bonds is 3. The van der Waals surface area contributed by atoms with Crippen LogP contribution in [0.1, 0.15) is 5.56 Å². The summed E-state index contributed by atoms with van der Waals surface area (Å²) >= 11 is 1.07. The summed E-state index contributed by atoms with van der Waals surface area (Å²) in [6.07, 6.45) is 1.44. The molecule has 0 saturated carbocycles. The fourth-order valence-electron chi connectivity index (χ4n) is 1.80. The van der Waals surface area contributed by atoms with Crippen LogP contribution in [0.15, 0.2) is 47.5 Å². The van der Waals surface area contributed by atoms with Gasteiger partial charge in [0.05, 0.1) is 5.69 Å². The van der Waals surface area contributed by atoms with Gasteiger partial charge in [-0.3, -0.25) is 9.17 Å². The molecule has 21 heavy (non-hydrogen) atoms. The molecule has 7 heteroatoms. The molecule has 0 atom stereocenters. The van der Waals surface area contributed by atoms with Crippen molar-refractivity contribution in [1.82, 2.24) is 14.3 Å². The Balaban J connectivity index is 1.94. The number of nitrogens with zero attached hydrogens (tertiary/aromatic N) is 3. The van der Waals surface area contributed by atoms with Gasteiger partial charge in [-0.2, -0.15) is 5.26 Å². The molecule has 0 saturated heterocycles. The zero-order valence-electron chi connectivity index (χ0n) is 10.7. The summed E-state index contributed by atoms with van der Waals surface area (Å²) in [6, 6.07) is 13.3. The lowest BCUT2D eigenvalue weighted by Gasteiger charge is -2.05. The Morgan fingerprint density at radius 1 is 1.24 bits per heavy atom. The molecule has 1 aromatic carbocycles. The molecule has 0 fully saturated rings. The Bertz CT molecular complexity index is 863. The third-order valence-corrected chi connectivity index (χ3v) is 3.59. The van der Waals surface area contributed by atoms with Gasteiger partial charge in [0.2, 0.25) is 0 Å². The molecule has 6 nitrogen and oxygen atoms in total. The first kappa shape index (κ1) is 13.0. The first-order valence-electron chi connectivity index (χ1n) is 6.04. The molecule has 0 aliphatic carbocycles. The van der Waals surface area contributed by atoms with Gasteiger partial charge in [0.25, 0.3) is 5.56 Å². The van der Waals surface area contributed by atoms with Gasteiger partial charge in [-0.05, 0) is 11.5 Å². The van der Waals surface area contributed by atoms with Gasteiger partial charge in [0.15, 0.2) is 5.56 Å². The minimum absolute atomic E-state index is 0.0554. The predicted molar refractivity (Wildman–Crippen MR) is 80.4 cm³/mol. The van der Waals surface area contributed by atoms with Crippen molar-refractivity contribution >= 4 is 22.4 Å². The minimum Gasteiger partial charge on any atom is -0.329 e. The van der Waals surface area contributed by atoms with E-state index >= 15 is 0 Å². The molecule has 0 unspecified atom stereocenters. The molecule has 3 aromatic rings. The number of benzene rings is 1. The summed E-state index contributed by atoms with van der Waals surface area (Å²) in [4.78, 5) is 19.7. The largest absolute Gasteiger partial charge is 0.329 e. The van der Waals surface area contributed by atoms with E-state index in [1.807, 2.05) is 36.4 Å². The highest BCUT2D eigenvalue weighted by Crippen LogP contribution is 2.23. The van der Waals surface area contributed by atoms with E-state index in [0.717, 1.165) is 22.8 Å². The number of anilines is 2. The number of aromatic amines is 1. The van der Waals surface area contributed by atoms with E-state index in [1.54, 1.807) is 6.07 Å². The minimum atomic E-state index is -0.401. The van der Waals surface area contributed by atoms with Crippen LogP contribution >= 0.6 is 11.5 Å². The van der Waals surface area contributed by atoms with Crippen LogP contribution in [0.3, 0.4) is 0 Å². The Morgan fingerprint density at radius 2 is 2.05 bits per heavy atom. The van der Waals surface area contributed by atoms with Crippen LogP contribution in [0.2, 0.25) is 0 Å². The molecule has 0 bridgehead atoms. The third kappa shape index (κ3) is 2.66. The predicted octanol–water partition coefficient (Wildman–Crippen LogP) is 2.51. The molecule has 2 aromatic heterocycles. The lowest BCUT2D eigenvalue weighted by atomic mass is 10.1. The molecule has 0 spiro atoms. The van der Waals surface area contributed by atoms with Gasteiger partial charge < -0.3 is 5.32 Å². The fraction of sp³-hybridized carbons (Fsp3) is 0. The zero-order valence-corrected chi connectivity index (χ0v) is 11.5. The van der Waals surface area contributed by atoms with Gasteiger partial charge >= 0.3 is 0 Å². The second-order valence-electron chi connectivity index (χ2n) is 4.13. The van der Waals surface area contributed by atoms with E-state index in [9.17, 15) is 4.79 Å². The van der Waals surface area contributed by atoms with Crippen molar-refractivity contribution in [3.8, 4) is 17.3 Å². The molecule has 102 valence electrons. The quantitative estimate of drug-likeness (QED) is 0.774. The summed E-state index contributed by atoms with van der Waals surface area (Å²) in [5.74, 6) is 0.524. The van der Waals surface area contributed by atoms with Gasteiger partial charge in [0.1, 0.15) is 23.2 Å². The second-order valence-corrected chi connectivity index (χ2v) is 4.95. The van der Waals surface area contributed by atoms with Crippen molar-refractivity contribution < 1.29 is 0 Å². The lowest BCUT2D eigenvalue weighted by Crippen LogP contribution is -2.03. The second kappa shape index (κ2) is 5.56. The number of aromatic nitrogens is 3. The number of hydrogen-bond donors (Lipinski definition) is 2. The molecular formula is C14H9N5OS.